The topological polar surface area (TPSA) is 17.0 Å². The lowest BCUT2D eigenvalue weighted by Crippen LogP contribution is -2.32. The molecule has 1 aliphatic rings. The van der Waals surface area contributed by atoms with Gasteiger partial charge >= 0.3 is 0 Å². The summed E-state index contributed by atoms with van der Waals surface area (Å²) in [7, 11) is 2.04. The highest BCUT2D eigenvalue weighted by molar-refractivity contribution is 6.20. The number of para-hydroxylation sites is 1. The first-order chi connectivity index (χ1) is 17.5. The van der Waals surface area contributed by atoms with Gasteiger partial charge in [-0.3, -0.25) is 0 Å². The summed E-state index contributed by atoms with van der Waals surface area (Å²) in [6.45, 7) is 15.9. The zero-order chi connectivity index (χ0) is 26.4. The summed E-state index contributed by atoms with van der Waals surface area (Å²) in [5.74, 6) is 0.490. The number of nitrogens with zero attached hydrogens (tertiary/aromatic N) is 1. The third-order valence-corrected chi connectivity index (χ3v) is 7.94. The molecule has 1 aliphatic carbocycles. The first-order valence-electron chi connectivity index (χ1n) is 13.6. The van der Waals surface area contributed by atoms with Gasteiger partial charge in [0.1, 0.15) is 19.6 Å². The predicted molar refractivity (Wildman–Crippen MR) is 152 cm³/mol. The van der Waals surface area contributed by atoms with E-state index in [1.54, 1.807) is 0 Å². The normalized spacial score (nSPS) is 14.2. The van der Waals surface area contributed by atoms with Gasteiger partial charge in [-0.25, -0.2) is 4.57 Å². The van der Waals surface area contributed by atoms with Crippen LogP contribution in [0.5, 0.6) is 0 Å². The summed E-state index contributed by atoms with van der Waals surface area (Å²) in [6.07, 6.45) is 1.49. The molecule has 36 heavy (non-hydrogen) atoms. The first-order valence-corrected chi connectivity index (χ1v) is 13.1. The van der Waals surface area contributed by atoms with E-state index in [9.17, 15) is 0 Å². The number of allylic oxidation sites excluding steroid dienone is 1. The Bertz CT molecular complexity index is 1790. The molecule has 6 rings (SSSR count). The van der Waals surface area contributed by atoms with E-state index < -0.39 is 0 Å². The number of hydrogen-bond acceptors (Lipinski definition) is 1. The molecule has 0 aliphatic heterocycles. The van der Waals surface area contributed by atoms with Gasteiger partial charge in [0.15, 0.2) is 6.17 Å². The second-order valence-corrected chi connectivity index (χ2v) is 12.0. The Labute approximate surface area is 215 Å². The number of hydrogen-bond donors (Lipinski definition) is 0. The van der Waals surface area contributed by atoms with Crippen LogP contribution in [0.2, 0.25) is 0 Å². The van der Waals surface area contributed by atoms with Crippen molar-refractivity contribution in [3.63, 3.8) is 0 Å². The van der Waals surface area contributed by atoms with Crippen LogP contribution in [0.25, 0.3) is 43.9 Å². The van der Waals surface area contributed by atoms with Crippen LogP contribution in [-0.4, -0.2) is 0 Å². The predicted octanol–water partition coefficient (Wildman–Crippen LogP) is 8.80. The van der Waals surface area contributed by atoms with E-state index in [-0.39, 0.29) is 5.41 Å². The fourth-order valence-corrected chi connectivity index (χ4v) is 5.96. The van der Waals surface area contributed by atoms with Crippen molar-refractivity contribution in [2.75, 3.05) is 0 Å². The summed E-state index contributed by atoms with van der Waals surface area (Å²) in [4.78, 5) is 0. The maximum atomic E-state index is 8.92. The highest BCUT2D eigenvalue weighted by Gasteiger charge is 2.36. The van der Waals surface area contributed by atoms with Crippen LogP contribution in [0.15, 0.2) is 59.1 Å². The van der Waals surface area contributed by atoms with Crippen molar-refractivity contribution in [3.8, 4) is 0 Å². The Kier molecular flexibility index (Phi) is 4.74. The Balaban J connectivity index is 1.83. The van der Waals surface area contributed by atoms with E-state index >= 15 is 0 Å². The molecule has 0 saturated heterocycles. The van der Waals surface area contributed by atoms with Crippen LogP contribution < -0.4 is 4.57 Å². The largest absolute Gasteiger partial charge is 0.455 e. The van der Waals surface area contributed by atoms with Crippen molar-refractivity contribution < 1.29 is 10.4 Å². The van der Waals surface area contributed by atoms with Gasteiger partial charge in [0, 0.05) is 22.4 Å². The number of benzene rings is 3. The molecular weight excluding hydrogens is 438 g/mol. The Morgan fingerprint density at radius 1 is 1.00 bits per heavy atom. The lowest BCUT2D eigenvalue weighted by molar-refractivity contribution is -0.672. The number of aromatic nitrogens is 1. The summed E-state index contributed by atoms with van der Waals surface area (Å²) in [6, 6.07) is 17.4. The molecule has 0 saturated carbocycles. The van der Waals surface area contributed by atoms with Crippen LogP contribution in [0.4, 0.5) is 0 Å². The maximum Gasteiger partial charge on any atom is 0.221 e. The van der Waals surface area contributed by atoms with Gasteiger partial charge in [-0.15, -0.1) is 0 Å². The fraction of sp³-hybridized carbons (Fsp3) is 0.324. The highest BCUT2D eigenvalue weighted by Crippen LogP contribution is 2.50. The SMILES string of the molecule is [2H]c1cc2cc(C(C)(C)C)cc3c2c([n+]1C)C(c1c(C)c(C)cc2c1oc1ccccc12)=C3CC(C)C. The van der Waals surface area contributed by atoms with E-state index in [4.69, 9.17) is 5.79 Å². The van der Waals surface area contributed by atoms with Crippen LogP contribution in [0.1, 0.15) is 75.9 Å². The van der Waals surface area contributed by atoms with Gasteiger partial charge < -0.3 is 4.42 Å². The summed E-state index contributed by atoms with van der Waals surface area (Å²) in [5, 5.41) is 4.74. The van der Waals surface area contributed by atoms with Crippen molar-refractivity contribution in [2.45, 2.75) is 60.3 Å². The molecule has 0 N–H and O–H groups in total. The zero-order valence-corrected chi connectivity index (χ0v) is 22.8. The molecule has 2 heterocycles. The third-order valence-electron chi connectivity index (χ3n) is 7.94. The van der Waals surface area contributed by atoms with E-state index in [2.05, 4.69) is 89.4 Å². The minimum atomic E-state index is 0.0159. The molecule has 0 bridgehead atoms. The first kappa shape index (κ1) is 21.9. The molecule has 0 unspecified atom stereocenters. The average Bonchev–Trinajstić information content (AvgIpc) is 3.34. The van der Waals surface area contributed by atoms with Gasteiger partial charge in [0.05, 0.1) is 11.0 Å². The standard InChI is InChI=1S/C34H36NO/c1-19(2)15-25-26-18-23(34(5,6)7)17-22-13-14-35(8)32(30(22)26)31(25)29-21(4)20(3)16-27-24-11-9-10-12-28(24)36-33(27)29/h9-14,16-19H,15H2,1-8H3/q+1/i14D. The molecule has 2 aromatic heterocycles. The molecule has 0 amide bonds. The van der Waals surface area contributed by atoms with Gasteiger partial charge in [0.25, 0.3) is 0 Å². The Hall–Kier alpha value is -3.39. The van der Waals surface area contributed by atoms with Crippen LogP contribution in [0, 0.1) is 19.8 Å². The smallest absolute Gasteiger partial charge is 0.221 e. The van der Waals surface area contributed by atoms with Crippen molar-refractivity contribution >= 4 is 43.9 Å². The molecule has 5 aromatic rings. The van der Waals surface area contributed by atoms with Gasteiger partial charge in [-0.1, -0.05) is 65.0 Å². The van der Waals surface area contributed by atoms with E-state index in [1.165, 1.54) is 44.3 Å². The number of rotatable bonds is 3. The molecule has 0 radical (unpaired) electrons. The second-order valence-electron chi connectivity index (χ2n) is 12.0. The van der Waals surface area contributed by atoms with Gasteiger partial charge in [-0.2, -0.15) is 0 Å². The maximum absolute atomic E-state index is 8.92. The molecule has 0 atom stereocenters. The fourth-order valence-electron chi connectivity index (χ4n) is 5.96. The summed E-state index contributed by atoms with van der Waals surface area (Å²) in [5.41, 5.74) is 12.0. The molecule has 182 valence electrons. The van der Waals surface area contributed by atoms with Crippen molar-refractivity contribution in [3.05, 3.63) is 88.2 Å². The lowest BCUT2D eigenvalue weighted by atomic mass is 9.83. The summed E-state index contributed by atoms with van der Waals surface area (Å²) >= 11 is 0. The van der Waals surface area contributed by atoms with Gasteiger partial charge in [0.2, 0.25) is 5.69 Å². The third kappa shape index (κ3) is 3.27. The van der Waals surface area contributed by atoms with E-state index in [1.807, 2.05) is 19.2 Å². The second kappa shape index (κ2) is 7.80. The molecule has 3 aromatic carbocycles. The number of pyridine rings is 1. The number of furan rings is 1. The monoisotopic (exact) mass is 475 g/mol. The van der Waals surface area contributed by atoms with E-state index in [0.29, 0.717) is 12.1 Å². The molecular formula is C34H36NO+. The Morgan fingerprint density at radius 3 is 2.47 bits per heavy atom. The zero-order valence-electron chi connectivity index (χ0n) is 23.8. The van der Waals surface area contributed by atoms with Crippen molar-refractivity contribution in [2.24, 2.45) is 13.0 Å². The number of fused-ring (bicyclic) bond motifs is 3. The van der Waals surface area contributed by atoms with Gasteiger partial charge in [-0.05, 0) is 76.9 Å². The molecule has 2 nitrogen and oxygen atoms in total. The Morgan fingerprint density at radius 2 is 1.75 bits per heavy atom. The molecule has 0 spiro atoms. The molecule has 2 heteroatoms. The van der Waals surface area contributed by atoms with Crippen molar-refractivity contribution in [1.29, 1.82) is 0 Å². The van der Waals surface area contributed by atoms with Crippen LogP contribution in [-0.2, 0) is 12.5 Å². The van der Waals surface area contributed by atoms with E-state index in [0.717, 1.165) is 39.4 Å². The summed E-state index contributed by atoms with van der Waals surface area (Å²) < 4.78 is 17.6. The van der Waals surface area contributed by atoms with Crippen molar-refractivity contribution in [1.82, 2.24) is 0 Å². The van der Waals surface area contributed by atoms with Crippen LogP contribution in [0.3, 0.4) is 0 Å². The average molecular weight is 476 g/mol. The minimum absolute atomic E-state index is 0.0159. The lowest BCUT2D eigenvalue weighted by Gasteiger charge is -2.21. The number of aryl methyl sites for hydroxylation is 1. The highest BCUT2D eigenvalue weighted by atomic mass is 16.3. The van der Waals surface area contributed by atoms with Crippen LogP contribution >= 0.6 is 0 Å². The molecule has 0 fully saturated rings. The minimum Gasteiger partial charge on any atom is -0.455 e. The quantitative estimate of drug-likeness (QED) is 0.238.